The lowest BCUT2D eigenvalue weighted by Crippen LogP contribution is -2.58. The van der Waals surface area contributed by atoms with Crippen LogP contribution in [0, 0.1) is 11.8 Å². The van der Waals surface area contributed by atoms with Gasteiger partial charge in [-0.3, -0.25) is 28.8 Å². The minimum Gasteiger partial charge on any atom is -0.391 e. The fourth-order valence-corrected chi connectivity index (χ4v) is 12.5. The van der Waals surface area contributed by atoms with Crippen molar-refractivity contribution in [2.45, 2.75) is 177 Å². The van der Waals surface area contributed by atoms with Crippen LogP contribution in [0.15, 0.2) is 36.4 Å². The van der Waals surface area contributed by atoms with Crippen molar-refractivity contribution in [3.63, 3.8) is 0 Å². The van der Waals surface area contributed by atoms with Crippen molar-refractivity contribution in [1.82, 2.24) is 41.7 Å². The summed E-state index contributed by atoms with van der Waals surface area (Å²) in [6.45, 7) is 1.88. The van der Waals surface area contributed by atoms with Crippen molar-refractivity contribution in [2.24, 2.45) is 11.8 Å². The molecule has 4 aliphatic carbocycles. The number of fused-ring (bicyclic) bond motifs is 2. The number of hydrogen-bond acceptors (Lipinski definition) is 10. The van der Waals surface area contributed by atoms with Gasteiger partial charge in [-0.15, -0.1) is 0 Å². The summed E-state index contributed by atoms with van der Waals surface area (Å²) < 4.78 is 0. The van der Waals surface area contributed by atoms with Gasteiger partial charge in [0.25, 0.3) is 0 Å². The van der Waals surface area contributed by atoms with Crippen LogP contribution >= 0.6 is 0 Å². The van der Waals surface area contributed by atoms with Crippen molar-refractivity contribution in [2.75, 3.05) is 33.7 Å². The first kappa shape index (κ1) is 50.5. The number of carbonyl (C=O) groups is 6. The molecule has 2 aromatic rings. The predicted molar refractivity (Wildman–Crippen MR) is 261 cm³/mol. The summed E-state index contributed by atoms with van der Waals surface area (Å²) in [6, 6.07) is 8.04. The van der Waals surface area contributed by atoms with E-state index in [4.69, 9.17) is 0 Å². The van der Waals surface area contributed by atoms with Gasteiger partial charge in [0.15, 0.2) is 0 Å². The summed E-state index contributed by atoms with van der Waals surface area (Å²) in [5, 5.41) is 40.2. The first-order valence-corrected chi connectivity index (χ1v) is 26.1. The third-order valence-electron chi connectivity index (χ3n) is 16.2. The number of nitrogens with zero attached hydrogens (tertiary/aromatic N) is 2. The zero-order valence-corrected chi connectivity index (χ0v) is 40.9. The molecule has 4 fully saturated rings. The van der Waals surface area contributed by atoms with Crippen LogP contribution in [-0.4, -0.2) is 132 Å². The molecule has 376 valence electrons. The van der Waals surface area contributed by atoms with E-state index < -0.39 is 42.4 Å². The molecule has 0 spiro atoms. The van der Waals surface area contributed by atoms with Crippen LogP contribution in [-0.2, 0) is 41.6 Å². The highest BCUT2D eigenvalue weighted by Crippen LogP contribution is 2.42. The first-order chi connectivity index (χ1) is 33.4. The smallest absolute Gasteiger partial charge is 0.246 e. The Balaban J connectivity index is 0.986. The van der Waals surface area contributed by atoms with Crippen LogP contribution in [0.4, 0.5) is 0 Å². The molecule has 16 nitrogen and oxygen atoms in total. The van der Waals surface area contributed by atoms with E-state index in [0.717, 1.165) is 130 Å². The number of likely N-dealkylation sites (N-methyl/N-ethyl adjacent to an activating group) is 2. The third kappa shape index (κ3) is 11.3. The van der Waals surface area contributed by atoms with Crippen LogP contribution in [0.1, 0.15) is 144 Å². The Morgan fingerprint density at radius 2 is 1.06 bits per heavy atom. The Bertz CT molecular complexity index is 2190. The van der Waals surface area contributed by atoms with Gasteiger partial charge in [-0.05, 0) is 130 Å². The minimum atomic E-state index is -0.876. The van der Waals surface area contributed by atoms with Crippen LogP contribution in [0.25, 0.3) is 11.1 Å². The second-order valence-electron chi connectivity index (χ2n) is 20.8. The highest BCUT2D eigenvalue weighted by molar-refractivity contribution is 5.95. The summed E-state index contributed by atoms with van der Waals surface area (Å²) in [7, 11) is 3.38. The average Bonchev–Trinajstić information content (AvgIpc) is 3.97. The minimum absolute atomic E-state index is 0.0281. The second kappa shape index (κ2) is 22.9. The fourth-order valence-electron chi connectivity index (χ4n) is 12.5. The van der Waals surface area contributed by atoms with Crippen LogP contribution in [0.2, 0.25) is 0 Å². The number of β-amino-alcohol motifs (C(OH)–C–C–N with tert-alkyl or cyclic N) is 2. The summed E-state index contributed by atoms with van der Waals surface area (Å²) in [4.78, 5) is 86.4. The van der Waals surface area contributed by atoms with Crippen molar-refractivity contribution < 1.29 is 39.0 Å². The maximum absolute atomic E-state index is 14.4. The van der Waals surface area contributed by atoms with Gasteiger partial charge in [-0.1, -0.05) is 74.9 Å². The Labute approximate surface area is 407 Å². The molecule has 2 aliphatic heterocycles. The lowest BCUT2D eigenvalue weighted by atomic mass is 9.78. The van der Waals surface area contributed by atoms with Gasteiger partial charge in [0.1, 0.15) is 24.2 Å². The second-order valence-corrected chi connectivity index (χ2v) is 20.8. The van der Waals surface area contributed by atoms with Gasteiger partial charge in [-0.2, -0.15) is 0 Å². The zero-order valence-electron chi connectivity index (χ0n) is 40.9. The van der Waals surface area contributed by atoms with Crippen molar-refractivity contribution in [3.05, 3.63) is 58.7 Å². The summed E-state index contributed by atoms with van der Waals surface area (Å²) in [5.41, 5.74) is 6.50. The van der Waals surface area contributed by atoms with E-state index in [0.29, 0.717) is 6.42 Å². The van der Waals surface area contributed by atoms with Gasteiger partial charge >= 0.3 is 0 Å². The van der Waals surface area contributed by atoms with E-state index in [-0.39, 0.29) is 91.8 Å². The number of aliphatic hydroxyl groups excluding tert-OH is 2. The summed E-state index contributed by atoms with van der Waals surface area (Å²) >= 11 is 0. The number of nitrogens with one attached hydrogen (secondary N) is 6. The molecule has 69 heavy (non-hydrogen) atoms. The molecule has 0 radical (unpaired) electrons. The van der Waals surface area contributed by atoms with Gasteiger partial charge in [0.2, 0.25) is 35.4 Å². The number of hydrogen-bond donors (Lipinski definition) is 8. The highest BCUT2D eigenvalue weighted by Gasteiger charge is 2.46. The highest BCUT2D eigenvalue weighted by atomic mass is 16.3. The Hall–Kier alpha value is -4.90. The molecule has 2 heterocycles. The van der Waals surface area contributed by atoms with Crippen molar-refractivity contribution in [3.8, 4) is 11.1 Å². The standard InChI is InChI=1S/C53H76N8O8/c1-31(55-3)49(65)59-48(33-16-8-5-9-17-33)53(69)61-30-35(63)27-45(61)51(67)57-43-25-13-21-39-37(19-11-23-41(39)43)36-18-10-22-40-38(36)20-12-24-42(40)56-50(66)44-26-34(62)29-60(44)52(68)47(58-46(64)28-54-2)32-14-6-4-7-15-32/h10-11,18-19,22-23,31-35,42-45,47-48,54-55,62-63H,4-9,12-17,20-21,24-30H2,1-3H3,(H,56,66)(H,57,67)(H,58,64)(H,59,65)/t31-,34-,35-,42+,43+,44-,45-,47?,48-/m0/s1. The van der Waals surface area contributed by atoms with E-state index in [1.165, 1.54) is 9.80 Å². The number of likely N-dealkylation sites (tertiary alicyclic amines) is 2. The summed E-state index contributed by atoms with van der Waals surface area (Å²) in [5.74, 6) is -1.87. The molecule has 2 aromatic carbocycles. The molecular weight excluding hydrogens is 877 g/mol. The largest absolute Gasteiger partial charge is 0.391 e. The molecule has 9 atom stereocenters. The molecule has 16 heteroatoms. The van der Waals surface area contributed by atoms with Crippen molar-refractivity contribution in [1.29, 1.82) is 0 Å². The molecule has 1 unspecified atom stereocenters. The number of carbonyl (C=O) groups excluding carboxylic acids is 6. The first-order valence-electron chi connectivity index (χ1n) is 26.1. The van der Waals surface area contributed by atoms with Crippen molar-refractivity contribution >= 4 is 35.4 Å². The molecule has 8 rings (SSSR count). The molecule has 2 saturated carbocycles. The monoisotopic (exact) mass is 953 g/mol. The van der Waals surface area contributed by atoms with E-state index in [1.54, 1.807) is 21.0 Å². The Kier molecular flexibility index (Phi) is 16.8. The zero-order chi connectivity index (χ0) is 48.8. The number of aliphatic hydroxyl groups is 2. The number of amides is 6. The van der Waals surface area contributed by atoms with Gasteiger partial charge in [0.05, 0.1) is 36.9 Å². The van der Waals surface area contributed by atoms with Gasteiger partial charge in [0, 0.05) is 25.9 Å². The van der Waals surface area contributed by atoms with E-state index in [1.807, 2.05) is 12.1 Å². The molecular formula is C53H76N8O8. The SMILES string of the molecule is CNCC(=O)NC(C(=O)N1C[C@@H](O)C[C@H]1C(=O)N[C@@H]1CCCc2c(-c3cccc4c3CCC[C@H]4NC(=O)[C@@H]3C[C@H](O)CN3C(=O)[C@@H](NC(=O)[C@H](C)NC)C3CCCCC3)cccc21)C1CCCCC1. The van der Waals surface area contributed by atoms with Crippen LogP contribution < -0.4 is 31.9 Å². The van der Waals surface area contributed by atoms with E-state index in [2.05, 4.69) is 56.2 Å². The molecule has 0 aromatic heterocycles. The maximum Gasteiger partial charge on any atom is 0.246 e. The van der Waals surface area contributed by atoms with Crippen LogP contribution in [0.3, 0.4) is 0 Å². The molecule has 6 amide bonds. The predicted octanol–water partition coefficient (Wildman–Crippen LogP) is 3.22. The maximum atomic E-state index is 14.4. The topological polar surface area (TPSA) is 222 Å². The third-order valence-corrected chi connectivity index (χ3v) is 16.2. The molecule has 6 aliphatic rings. The molecule has 8 N–H and O–H groups in total. The number of benzene rings is 2. The van der Waals surface area contributed by atoms with Gasteiger partial charge < -0.3 is 51.9 Å². The molecule has 2 saturated heterocycles. The van der Waals surface area contributed by atoms with Crippen LogP contribution in [0.5, 0.6) is 0 Å². The lowest BCUT2D eigenvalue weighted by molar-refractivity contribution is -0.143. The summed E-state index contributed by atoms with van der Waals surface area (Å²) in [6.07, 6.45) is 12.6. The molecule has 0 bridgehead atoms. The Morgan fingerprint density at radius 1 is 0.609 bits per heavy atom. The Morgan fingerprint density at radius 3 is 1.49 bits per heavy atom. The average molecular weight is 953 g/mol. The lowest BCUT2D eigenvalue weighted by Gasteiger charge is -2.36. The normalized spacial score (nSPS) is 26.5. The quantitative estimate of drug-likeness (QED) is 0.130. The fraction of sp³-hybridized carbons (Fsp3) is 0.660. The van der Waals surface area contributed by atoms with Gasteiger partial charge in [-0.25, -0.2) is 0 Å². The van der Waals surface area contributed by atoms with E-state index >= 15 is 0 Å². The van der Waals surface area contributed by atoms with E-state index in [9.17, 15) is 39.0 Å². The number of rotatable bonds is 15.